The van der Waals surface area contributed by atoms with Crippen molar-refractivity contribution in [2.24, 2.45) is 0 Å². The second-order valence-electron chi connectivity index (χ2n) is 5.88. The highest BCUT2D eigenvalue weighted by Crippen LogP contribution is 2.27. The molecule has 1 aliphatic rings. The monoisotopic (exact) mass is 341 g/mol. The number of hydrogen-bond acceptors (Lipinski definition) is 5. The third kappa shape index (κ3) is 3.44. The zero-order chi connectivity index (χ0) is 16.9. The summed E-state index contributed by atoms with van der Waals surface area (Å²) in [6, 6.07) is 8.32. The second-order valence-corrected chi connectivity index (χ2v) is 6.28. The lowest BCUT2D eigenvalue weighted by molar-refractivity contribution is 0.475. The molecule has 0 spiro atoms. The van der Waals surface area contributed by atoms with Crippen LogP contribution >= 0.6 is 11.6 Å². The molecule has 3 heterocycles. The number of piperidine rings is 1. The van der Waals surface area contributed by atoms with Crippen molar-refractivity contribution in [2.45, 2.75) is 25.8 Å². The highest BCUT2D eigenvalue weighted by atomic mass is 35.5. The van der Waals surface area contributed by atoms with Gasteiger partial charge in [0.25, 0.3) is 0 Å². The number of likely N-dealkylation sites (N-methyl/N-ethyl adjacent to an activating group) is 1. The number of anilines is 2. The van der Waals surface area contributed by atoms with Crippen molar-refractivity contribution in [2.75, 3.05) is 29.4 Å². The molecule has 0 saturated carbocycles. The Labute approximate surface area is 147 Å². The van der Waals surface area contributed by atoms with Crippen LogP contribution in [0.5, 0.6) is 0 Å². The zero-order valence-electron chi connectivity index (χ0n) is 13.7. The number of halogens is 1. The van der Waals surface area contributed by atoms with Gasteiger partial charge in [-0.15, -0.1) is 0 Å². The molecule has 0 bridgehead atoms. The lowest BCUT2D eigenvalue weighted by Gasteiger charge is -2.41. The van der Waals surface area contributed by atoms with Crippen molar-refractivity contribution >= 4 is 23.0 Å². The first-order valence-corrected chi connectivity index (χ1v) is 8.58. The summed E-state index contributed by atoms with van der Waals surface area (Å²) in [6.45, 7) is 4.99. The van der Waals surface area contributed by atoms with Gasteiger partial charge in [0.1, 0.15) is 6.07 Å². The van der Waals surface area contributed by atoms with E-state index in [-0.39, 0.29) is 5.69 Å². The van der Waals surface area contributed by atoms with Crippen LogP contribution in [0.2, 0.25) is 5.02 Å². The molecule has 6 heteroatoms. The Morgan fingerprint density at radius 3 is 3.00 bits per heavy atom. The van der Waals surface area contributed by atoms with Crippen LogP contribution in [-0.4, -0.2) is 35.6 Å². The number of pyridine rings is 2. The molecule has 1 aliphatic heterocycles. The molecule has 0 unspecified atom stereocenters. The van der Waals surface area contributed by atoms with E-state index in [0.29, 0.717) is 11.1 Å². The van der Waals surface area contributed by atoms with E-state index >= 15 is 0 Å². The van der Waals surface area contributed by atoms with E-state index in [0.717, 1.165) is 43.9 Å². The van der Waals surface area contributed by atoms with Crippen LogP contribution in [0, 0.1) is 11.3 Å². The summed E-state index contributed by atoms with van der Waals surface area (Å²) in [7, 11) is 0. The van der Waals surface area contributed by atoms with Crippen molar-refractivity contribution in [3.8, 4) is 6.07 Å². The molecule has 1 saturated heterocycles. The van der Waals surface area contributed by atoms with Crippen molar-refractivity contribution in [1.82, 2.24) is 9.97 Å². The quantitative estimate of drug-likeness (QED) is 0.852. The molecule has 1 atom stereocenters. The normalized spacial score (nSPS) is 17.4. The Hall–Kier alpha value is -2.32. The maximum absolute atomic E-state index is 8.99. The molecule has 0 amide bonds. The second kappa shape index (κ2) is 7.50. The lowest BCUT2D eigenvalue weighted by atomic mass is 10.0. The Bertz CT molecular complexity index is 728. The minimum atomic E-state index is 0.275. The molecule has 0 N–H and O–H groups in total. The van der Waals surface area contributed by atoms with Gasteiger partial charge < -0.3 is 9.80 Å². The third-order valence-corrected chi connectivity index (χ3v) is 4.74. The first-order valence-electron chi connectivity index (χ1n) is 8.20. The first-order chi connectivity index (χ1) is 11.7. The fourth-order valence-electron chi connectivity index (χ4n) is 3.30. The average molecular weight is 342 g/mol. The molecule has 5 nitrogen and oxygen atoms in total. The molecular weight excluding hydrogens is 322 g/mol. The van der Waals surface area contributed by atoms with Crippen LogP contribution in [-0.2, 0) is 0 Å². The van der Waals surface area contributed by atoms with Crippen LogP contribution in [0.1, 0.15) is 25.5 Å². The fourth-order valence-corrected chi connectivity index (χ4v) is 3.51. The molecule has 24 heavy (non-hydrogen) atoms. The maximum Gasteiger partial charge on any atom is 0.159 e. The summed E-state index contributed by atoms with van der Waals surface area (Å²) < 4.78 is 0. The number of nitriles is 1. The van der Waals surface area contributed by atoms with Gasteiger partial charge in [-0.2, -0.15) is 5.26 Å². The number of hydrogen-bond donors (Lipinski definition) is 0. The molecular formula is C18H20ClN5. The maximum atomic E-state index is 8.99. The summed E-state index contributed by atoms with van der Waals surface area (Å²) in [5, 5.41) is 9.40. The molecule has 124 valence electrons. The van der Waals surface area contributed by atoms with E-state index in [9.17, 15) is 0 Å². The van der Waals surface area contributed by atoms with Crippen LogP contribution in [0.3, 0.4) is 0 Å². The predicted molar refractivity (Wildman–Crippen MR) is 96.5 cm³/mol. The largest absolute Gasteiger partial charge is 0.368 e. The van der Waals surface area contributed by atoms with E-state index in [2.05, 4.69) is 32.8 Å². The molecule has 0 aliphatic carbocycles. The van der Waals surface area contributed by atoms with E-state index in [4.69, 9.17) is 16.9 Å². The molecule has 0 aromatic carbocycles. The van der Waals surface area contributed by atoms with Gasteiger partial charge in [0.15, 0.2) is 5.69 Å². The summed E-state index contributed by atoms with van der Waals surface area (Å²) >= 11 is 6.16. The summed E-state index contributed by atoms with van der Waals surface area (Å²) in [6.07, 6.45) is 7.72. The van der Waals surface area contributed by atoms with E-state index in [1.807, 2.05) is 24.4 Å². The Kier molecular flexibility index (Phi) is 5.17. The smallest absolute Gasteiger partial charge is 0.159 e. The molecule has 1 fully saturated rings. The topological polar surface area (TPSA) is 56.1 Å². The fraction of sp³-hybridized carbons (Fsp3) is 0.389. The highest BCUT2D eigenvalue weighted by Gasteiger charge is 2.25. The van der Waals surface area contributed by atoms with Gasteiger partial charge in [-0.3, -0.25) is 4.98 Å². The van der Waals surface area contributed by atoms with Gasteiger partial charge in [0.05, 0.1) is 28.8 Å². The Morgan fingerprint density at radius 1 is 1.46 bits per heavy atom. The van der Waals surface area contributed by atoms with Crippen molar-refractivity contribution in [3.05, 3.63) is 47.5 Å². The molecule has 0 radical (unpaired) electrons. The third-order valence-electron chi connectivity index (χ3n) is 4.45. The van der Waals surface area contributed by atoms with Crippen LogP contribution in [0.25, 0.3) is 0 Å². The minimum Gasteiger partial charge on any atom is -0.368 e. The molecule has 2 aromatic heterocycles. The molecule has 3 rings (SSSR count). The van der Waals surface area contributed by atoms with Crippen LogP contribution in [0.4, 0.5) is 11.4 Å². The number of aromatic nitrogens is 2. The Balaban J connectivity index is 1.80. The van der Waals surface area contributed by atoms with Gasteiger partial charge in [0, 0.05) is 31.9 Å². The van der Waals surface area contributed by atoms with Crippen molar-refractivity contribution in [3.63, 3.8) is 0 Å². The zero-order valence-corrected chi connectivity index (χ0v) is 14.4. The van der Waals surface area contributed by atoms with Gasteiger partial charge in [-0.1, -0.05) is 11.6 Å². The van der Waals surface area contributed by atoms with Gasteiger partial charge in [-0.05, 0) is 38.0 Å². The molecule has 2 aromatic rings. The minimum absolute atomic E-state index is 0.275. The first kappa shape index (κ1) is 16.5. The summed E-state index contributed by atoms with van der Waals surface area (Å²) in [5.74, 6) is 0. The van der Waals surface area contributed by atoms with E-state index < -0.39 is 0 Å². The number of rotatable bonds is 4. The van der Waals surface area contributed by atoms with Crippen LogP contribution in [0.15, 0.2) is 36.8 Å². The van der Waals surface area contributed by atoms with Crippen molar-refractivity contribution in [1.29, 1.82) is 5.26 Å². The SMILES string of the molecule is CCN(c1cnc(C#N)c(Cl)c1)[C@@H]1CCCN(c2cccnc2)C1. The summed E-state index contributed by atoms with van der Waals surface area (Å²) in [4.78, 5) is 13.1. The van der Waals surface area contributed by atoms with E-state index in [1.54, 1.807) is 12.4 Å². The van der Waals surface area contributed by atoms with Gasteiger partial charge in [-0.25, -0.2) is 4.98 Å². The Morgan fingerprint density at radius 2 is 2.33 bits per heavy atom. The predicted octanol–water partition coefficient (Wildman–Crippen LogP) is 3.50. The standard InChI is InChI=1S/C18H20ClN5/c1-2-24(16-9-17(19)18(10-20)22-12-16)15-6-4-8-23(13-15)14-5-3-7-21-11-14/h3,5,7,9,11-12,15H,2,4,6,8,13H2,1H3/t15-/m1/s1. The highest BCUT2D eigenvalue weighted by molar-refractivity contribution is 6.31. The van der Waals surface area contributed by atoms with Gasteiger partial charge >= 0.3 is 0 Å². The average Bonchev–Trinajstić information content (AvgIpc) is 2.63. The van der Waals surface area contributed by atoms with Crippen LogP contribution < -0.4 is 9.80 Å². The van der Waals surface area contributed by atoms with Gasteiger partial charge in [0.2, 0.25) is 0 Å². The summed E-state index contributed by atoms with van der Waals surface area (Å²) in [5.41, 5.74) is 2.41. The van der Waals surface area contributed by atoms with Crippen molar-refractivity contribution < 1.29 is 0 Å². The van der Waals surface area contributed by atoms with E-state index in [1.165, 1.54) is 0 Å². The lowest BCUT2D eigenvalue weighted by Crippen LogP contribution is -2.48. The number of nitrogens with zero attached hydrogens (tertiary/aromatic N) is 5.